The number of piperidine rings is 1. The maximum absolute atomic E-state index is 12.8. The Bertz CT molecular complexity index is 532. The van der Waals surface area contributed by atoms with Crippen LogP contribution in [-0.4, -0.2) is 70.2 Å². The second-order valence-electron chi connectivity index (χ2n) is 6.53. The first-order chi connectivity index (χ1) is 11.2. The largest absolute Gasteiger partial charge is 0.366 e. The van der Waals surface area contributed by atoms with Crippen molar-refractivity contribution in [3.8, 4) is 0 Å². The van der Waals surface area contributed by atoms with Gasteiger partial charge in [0.2, 0.25) is 5.91 Å². The third-order valence-corrected chi connectivity index (χ3v) is 4.76. The van der Waals surface area contributed by atoms with Crippen LogP contribution >= 0.6 is 0 Å². The summed E-state index contributed by atoms with van der Waals surface area (Å²) in [5.41, 5.74) is 0. The second-order valence-corrected chi connectivity index (χ2v) is 6.53. The van der Waals surface area contributed by atoms with Gasteiger partial charge >= 0.3 is 0 Å². The van der Waals surface area contributed by atoms with Crippen molar-refractivity contribution in [2.45, 2.75) is 51.2 Å². The second kappa shape index (κ2) is 7.40. The van der Waals surface area contributed by atoms with Gasteiger partial charge in [0, 0.05) is 13.0 Å². The highest BCUT2D eigenvalue weighted by Crippen LogP contribution is 2.23. The molecule has 1 aromatic rings. The number of likely N-dealkylation sites (N-methyl/N-ethyl adjacent to an activating group) is 1. The van der Waals surface area contributed by atoms with Gasteiger partial charge in [-0.1, -0.05) is 13.3 Å². The first-order valence-corrected chi connectivity index (χ1v) is 8.71. The van der Waals surface area contributed by atoms with Crippen LogP contribution in [0.4, 0.5) is 0 Å². The number of ether oxygens (including phenoxy) is 1. The maximum Gasteiger partial charge on any atom is 0.240 e. The highest BCUT2D eigenvalue weighted by atomic mass is 16.5. The topological polar surface area (TPSA) is 74.3 Å². The lowest BCUT2D eigenvalue weighted by atomic mass is 10.0. The molecule has 3 heterocycles. The first kappa shape index (κ1) is 16.4. The molecule has 23 heavy (non-hydrogen) atoms. The van der Waals surface area contributed by atoms with E-state index in [1.165, 1.54) is 6.42 Å². The van der Waals surface area contributed by atoms with E-state index in [2.05, 4.69) is 27.0 Å². The highest BCUT2D eigenvalue weighted by Gasteiger charge is 2.34. The van der Waals surface area contributed by atoms with Crippen LogP contribution in [0.15, 0.2) is 0 Å². The molecule has 0 radical (unpaired) electrons. The van der Waals surface area contributed by atoms with Crippen LogP contribution in [0, 0.1) is 0 Å². The summed E-state index contributed by atoms with van der Waals surface area (Å²) < 4.78 is 5.80. The van der Waals surface area contributed by atoms with Gasteiger partial charge in [0.05, 0.1) is 19.2 Å². The summed E-state index contributed by atoms with van der Waals surface area (Å²) in [6.45, 7) is 4.87. The molecule has 0 bridgehead atoms. The zero-order chi connectivity index (χ0) is 16.2. The molecule has 2 atom stereocenters. The number of morpholine rings is 1. The van der Waals surface area contributed by atoms with Crippen molar-refractivity contribution >= 4 is 5.91 Å². The lowest BCUT2D eigenvalue weighted by Crippen LogP contribution is -2.52. The van der Waals surface area contributed by atoms with E-state index in [0.29, 0.717) is 25.5 Å². The number of nitrogens with one attached hydrogen (secondary N) is 1. The standard InChI is InChI=1S/C16H27N5O2/c1-3-6-14-17-15(19-18-14)13-11-21(9-10-23-13)16(22)12-7-4-5-8-20(12)2/h12-13H,3-11H2,1-2H3,(H,17,18,19)/t12-,13+/m1/s1. The summed E-state index contributed by atoms with van der Waals surface area (Å²) in [7, 11) is 2.05. The number of hydrogen-bond donors (Lipinski definition) is 1. The number of likely N-dealkylation sites (tertiary alicyclic amines) is 1. The van der Waals surface area contributed by atoms with Gasteiger partial charge in [-0.2, -0.15) is 5.10 Å². The van der Waals surface area contributed by atoms with Crippen molar-refractivity contribution in [3.63, 3.8) is 0 Å². The SMILES string of the molecule is CCCc1nc([C@@H]2CN(C(=O)[C@H]3CCCCN3C)CCO2)n[nH]1. The van der Waals surface area contributed by atoms with Crippen molar-refractivity contribution in [2.75, 3.05) is 33.3 Å². The molecule has 0 unspecified atom stereocenters. The third-order valence-electron chi connectivity index (χ3n) is 4.76. The average Bonchev–Trinajstić information content (AvgIpc) is 3.04. The van der Waals surface area contributed by atoms with Gasteiger partial charge in [0.15, 0.2) is 5.82 Å². The minimum absolute atomic E-state index is 0.0188. The lowest BCUT2D eigenvalue weighted by Gasteiger charge is -2.38. The number of H-pyrrole nitrogens is 1. The smallest absolute Gasteiger partial charge is 0.240 e. The van der Waals surface area contributed by atoms with E-state index in [1.807, 2.05) is 11.9 Å². The monoisotopic (exact) mass is 321 g/mol. The van der Waals surface area contributed by atoms with Gasteiger partial charge in [-0.3, -0.25) is 14.8 Å². The number of rotatable bonds is 4. The number of carbonyl (C=O) groups excluding carboxylic acids is 1. The van der Waals surface area contributed by atoms with Crippen molar-refractivity contribution in [1.82, 2.24) is 25.0 Å². The molecule has 128 valence electrons. The van der Waals surface area contributed by atoms with Gasteiger partial charge in [0.25, 0.3) is 0 Å². The Morgan fingerprint density at radius 3 is 3.04 bits per heavy atom. The lowest BCUT2D eigenvalue weighted by molar-refractivity contribution is -0.145. The molecule has 2 fully saturated rings. The molecule has 0 aromatic carbocycles. The van der Waals surface area contributed by atoms with Crippen molar-refractivity contribution in [3.05, 3.63) is 11.6 Å². The van der Waals surface area contributed by atoms with E-state index in [-0.39, 0.29) is 18.1 Å². The number of aromatic amines is 1. The minimum Gasteiger partial charge on any atom is -0.366 e. The van der Waals surface area contributed by atoms with Gasteiger partial charge in [-0.05, 0) is 32.9 Å². The highest BCUT2D eigenvalue weighted by molar-refractivity contribution is 5.82. The Morgan fingerprint density at radius 2 is 2.26 bits per heavy atom. The van der Waals surface area contributed by atoms with Crippen LogP contribution in [0.3, 0.4) is 0 Å². The molecule has 0 aliphatic carbocycles. The molecule has 1 aromatic heterocycles. The van der Waals surface area contributed by atoms with E-state index in [1.54, 1.807) is 0 Å². The Morgan fingerprint density at radius 1 is 1.39 bits per heavy atom. The molecule has 3 rings (SSSR count). The van der Waals surface area contributed by atoms with Crippen LogP contribution in [0.1, 0.15) is 50.4 Å². The third kappa shape index (κ3) is 3.72. The number of carbonyl (C=O) groups is 1. The van der Waals surface area contributed by atoms with Crippen molar-refractivity contribution in [2.24, 2.45) is 0 Å². The van der Waals surface area contributed by atoms with E-state index in [4.69, 9.17) is 4.74 Å². The van der Waals surface area contributed by atoms with Crippen molar-refractivity contribution < 1.29 is 9.53 Å². The van der Waals surface area contributed by atoms with Crippen molar-refractivity contribution in [1.29, 1.82) is 0 Å². The zero-order valence-corrected chi connectivity index (χ0v) is 14.1. The number of amides is 1. The number of aromatic nitrogens is 3. The van der Waals surface area contributed by atoms with Gasteiger partial charge < -0.3 is 9.64 Å². The predicted octanol–water partition coefficient (Wildman–Crippen LogP) is 1.14. The summed E-state index contributed by atoms with van der Waals surface area (Å²) in [6, 6.07) is 0.0188. The zero-order valence-electron chi connectivity index (χ0n) is 14.1. The molecule has 0 spiro atoms. The Balaban J connectivity index is 1.64. The quantitative estimate of drug-likeness (QED) is 0.900. The summed E-state index contributed by atoms with van der Waals surface area (Å²) >= 11 is 0. The van der Waals surface area contributed by atoms with Crippen LogP contribution in [0.5, 0.6) is 0 Å². The van der Waals surface area contributed by atoms with Crippen LogP contribution in [-0.2, 0) is 16.0 Å². The molecule has 2 aliphatic heterocycles. The van der Waals surface area contributed by atoms with E-state index >= 15 is 0 Å². The van der Waals surface area contributed by atoms with E-state index < -0.39 is 0 Å². The van der Waals surface area contributed by atoms with Gasteiger partial charge in [-0.25, -0.2) is 4.98 Å². The minimum atomic E-state index is -0.219. The predicted molar refractivity (Wildman–Crippen MR) is 85.9 cm³/mol. The normalized spacial score (nSPS) is 26.4. The van der Waals surface area contributed by atoms with Gasteiger partial charge in [0.1, 0.15) is 11.9 Å². The maximum atomic E-state index is 12.8. The molecule has 0 saturated carbocycles. The molecular formula is C16H27N5O2. The fourth-order valence-corrected chi connectivity index (χ4v) is 3.41. The number of hydrogen-bond acceptors (Lipinski definition) is 5. The number of nitrogens with zero attached hydrogens (tertiary/aromatic N) is 4. The molecule has 7 heteroatoms. The molecule has 1 amide bonds. The van der Waals surface area contributed by atoms with E-state index in [0.717, 1.165) is 38.1 Å². The summed E-state index contributed by atoms with van der Waals surface area (Å²) in [5, 5.41) is 7.24. The summed E-state index contributed by atoms with van der Waals surface area (Å²) in [6.07, 6.45) is 4.97. The summed E-state index contributed by atoms with van der Waals surface area (Å²) in [5.74, 6) is 1.79. The average molecular weight is 321 g/mol. The first-order valence-electron chi connectivity index (χ1n) is 8.71. The molecule has 2 saturated heterocycles. The Labute approximate surface area is 137 Å². The molecule has 7 nitrogen and oxygen atoms in total. The number of aryl methyl sites for hydroxylation is 1. The molecular weight excluding hydrogens is 294 g/mol. The molecule has 1 N–H and O–H groups in total. The molecule has 2 aliphatic rings. The Kier molecular flexibility index (Phi) is 5.27. The van der Waals surface area contributed by atoms with Crippen LogP contribution < -0.4 is 0 Å². The Hall–Kier alpha value is -1.47. The summed E-state index contributed by atoms with van der Waals surface area (Å²) in [4.78, 5) is 21.4. The van der Waals surface area contributed by atoms with Crippen LogP contribution in [0.25, 0.3) is 0 Å². The van der Waals surface area contributed by atoms with Gasteiger partial charge in [-0.15, -0.1) is 0 Å². The fraction of sp³-hybridized carbons (Fsp3) is 0.812. The van der Waals surface area contributed by atoms with E-state index in [9.17, 15) is 4.79 Å². The van der Waals surface area contributed by atoms with Crippen LogP contribution in [0.2, 0.25) is 0 Å². The fourth-order valence-electron chi connectivity index (χ4n) is 3.41.